The van der Waals surface area contributed by atoms with E-state index in [-0.39, 0.29) is 25.4 Å². The molecule has 8 heteroatoms. The molecule has 0 radical (unpaired) electrons. The SMILES string of the molecule is CCC(N)COCCOC(C)OCOC(C)OCCOC(C)OC. The first-order valence-corrected chi connectivity index (χ1v) is 8.43. The van der Waals surface area contributed by atoms with Gasteiger partial charge in [0.15, 0.2) is 25.7 Å². The van der Waals surface area contributed by atoms with E-state index in [4.69, 9.17) is 38.9 Å². The second kappa shape index (κ2) is 16.2. The van der Waals surface area contributed by atoms with E-state index in [2.05, 4.69) is 0 Å². The Morgan fingerprint density at radius 3 is 1.75 bits per heavy atom. The number of methoxy groups -OCH3 is 1. The van der Waals surface area contributed by atoms with Gasteiger partial charge in [0.1, 0.15) is 0 Å². The third kappa shape index (κ3) is 15.2. The Hall–Kier alpha value is -0.320. The van der Waals surface area contributed by atoms with Crippen molar-refractivity contribution in [2.75, 3.05) is 46.9 Å². The summed E-state index contributed by atoms with van der Waals surface area (Å²) in [6, 6.07) is 0.0803. The number of rotatable bonds is 17. The monoisotopic (exact) mass is 353 g/mol. The van der Waals surface area contributed by atoms with Crippen LogP contribution in [0, 0.1) is 0 Å². The van der Waals surface area contributed by atoms with Crippen molar-refractivity contribution < 1.29 is 33.2 Å². The lowest BCUT2D eigenvalue weighted by atomic mass is 10.3. The lowest BCUT2D eigenvalue weighted by molar-refractivity contribution is -0.241. The number of hydrogen-bond donors (Lipinski definition) is 1. The van der Waals surface area contributed by atoms with E-state index in [0.717, 1.165) is 6.42 Å². The molecule has 0 heterocycles. The molecule has 2 N–H and O–H groups in total. The zero-order chi connectivity index (χ0) is 18.2. The van der Waals surface area contributed by atoms with Gasteiger partial charge in [-0.25, -0.2) is 0 Å². The van der Waals surface area contributed by atoms with Crippen LogP contribution in [0.4, 0.5) is 0 Å². The minimum atomic E-state index is -0.391. The fourth-order valence-corrected chi connectivity index (χ4v) is 1.45. The molecule has 0 aromatic rings. The number of nitrogens with two attached hydrogens (primary N) is 1. The third-order valence-electron chi connectivity index (χ3n) is 3.16. The highest BCUT2D eigenvalue weighted by molar-refractivity contribution is 4.54. The molecule has 0 fully saturated rings. The molecule has 0 bridgehead atoms. The van der Waals surface area contributed by atoms with Crippen molar-refractivity contribution in [1.29, 1.82) is 0 Å². The summed E-state index contributed by atoms with van der Waals surface area (Å²) >= 11 is 0. The van der Waals surface area contributed by atoms with Crippen LogP contribution < -0.4 is 5.73 Å². The van der Waals surface area contributed by atoms with Gasteiger partial charge in [-0.2, -0.15) is 0 Å². The van der Waals surface area contributed by atoms with E-state index < -0.39 is 6.29 Å². The zero-order valence-corrected chi connectivity index (χ0v) is 15.7. The molecule has 4 atom stereocenters. The quantitative estimate of drug-likeness (QED) is 0.310. The van der Waals surface area contributed by atoms with Crippen molar-refractivity contribution >= 4 is 0 Å². The van der Waals surface area contributed by atoms with Crippen molar-refractivity contribution in [2.45, 2.75) is 59.0 Å². The maximum atomic E-state index is 5.74. The Labute approximate surface area is 145 Å². The molecule has 146 valence electrons. The van der Waals surface area contributed by atoms with E-state index in [9.17, 15) is 0 Å². The van der Waals surface area contributed by atoms with Crippen LogP contribution >= 0.6 is 0 Å². The maximum absolute atomic E-state index is 5.74. The molecular weight excluding hydrogens is 318 g/mol. The number of ether oxygens (including phenoxy) is 7. The summed E-state index contributed by atoms with van der Waals surface area (Å²) in [5, 5.41) is 0. The topological polar surface area (TPSA) is 90.6 Å². The van der Waals surface area contributed by atoms with Gasteiger partial charge in [-0.1, -0.05) is 6.92 Å². The number of hydrogen-bond acceptors (Lipinski definition) is 8. The molecule has 24 heavy (non-hydrogen) atoms. The minimum Gasteiger partial charge on any atom is -0.377 e. The standard InChI is InChI=1S/C16H35NO7/c1-6-16(17)11-19-7-8-21-14(3)23-12-24-15(4)22-10-9-20-13(2)18-5/h13-16H,6-12,17H2,1-5H3. The summed E-state index contributed by atoms with van der Waals surface area (Å²) < 4.78 is 37.2. The van der Waals surface area contributed by atoms with Crippen LogP contribution in [0.3, 0.4) is 0 Å². The van der Waals surface area contributed by atoms with E-state index in [1.54, 1.807) is 21.0 Å². The van der Waals surface area contributed by atoms with Crippen LogP contribution in [0.5, 0.6) is 0 Å². The van der Waals surface area contributed by atoms with Gasteiger partial charge < -0.3 is 38.9 Å². The lowest BCUT2D eigenvalue weighted by Gasteiger charge is -2.18. The second-order valence-corrected chi connectivity index (χ2v) is 5.25. The molecular formula is C16H35NO7. The van der Waals surface area contributed by atoms with Crippen LogP contribution in [0.1, 0.15) is 34.1 Å². The highest BCUT2D eigenvalue weighted by Gasteiger charge is 2.07. The van der Waals surface area contributed by atoms with Crippen molar-refractivity contribution in [3.05, 3.63) is 0 Å². The molecule has 0 saturated carbocycles. The summed E-state index contributed by atoms with van der Waals surface area (Å²) in [7, 11) is 1.59. The largest absolute Gasteiger partial charge is 0.377 e. The predicted octanol–water partition coefficient (Wildman–Crippen LogP) is 1.47. The van der Waals surface area contributed by atoms with E-state index >= 15 is 0 Å². The van der Waals surface area contributed by atoms with Crippen molar-refractivity contribution in [2.24, 2.45) is 5.73 Å². The predicted molar refractivity (Wildman–Crippen MR) is 89.4 cm³/mol. The Balaban J connectivity index is 3.41. The highest BCUT2D eigenvalue weighted by atomic mass is 16.8. The Morgan fingerprint density at radius 2 is 1.25 bits per heavy atom. The van der Waals surface area contributed by atoms with Crippen LogP contribution in [0.2, 0.25) is 0 Å². The fraction of sp³-hybridized carbons (Fsp3) is 1.00. The summed E-state index contributed by atoms with van der Waals surface area (Å²) in [5.74, 6) is 0. The van der Waals surface area contributed by atoms with Gasteiger partial charge in [0.25, 0.3) is 0 Å². The van der Waals surface area contributed by atoms with Crippen molar-refractivity contribution in [1.82, 2.24) is 0 Å². The van der Waals surface area contributed by atoms with E-state index in [0.29, 0.717) is 33.0 Å². The van der Waals surface area contributed by atoms with Crippen LogP contribution in [-0.2, 0) is 33.2 Å². The molecule has 0 rings (SSSR count). The molecule has 0 aliphatic carbocycles. The average Bonchev–Trinajstić information content (AvgIpc) is 2.57. The van der Waals surface area contributed by atoms with Gasteiger partial charge in [-0.15, -0.1) is 0 Å². The third-order valence-corrected chi connectivity index (χ3v) is 3.16. The van der Waals surface area contributed by atoms with Gasteiger partial charge in [0, 0.05) is 13.2 Å². The Kier molecular flexibility index (Phi) is 15.9. The Bertz CT molecular complexity index is 271. The van der Waals surface area contributed by atoms with Crippen LogP contribution in [0.25, 0.3) is 0 Å². The molecule has 0 aliphatic rings. The minimum absolute atomic E-state index is 0.0803. The van der Waals surface area contributed by atoms with Gasteiger partial charge >= 0.3 is 0 Å². The molecule has 0 aromatic carbocycles. The molecule has 8 nitrogen and oxygen atoms in total. The smallest absolute Gasteiger partial charge is 0.157 e. The molecule has 0 saturated heterocycles. The first-order chi connectivity index (χ1) is 11.5. The normalized spacial score (nSPS) is 16.8. The molecule has 0 spiro atoms. The molecule has 4 unspecified atom stereocenters. The second-order valence-electron chi connectivity index (χ2n) is 5.25. The fourth-order valence-electron chi connectivity index (χ4n) is 1.45. The van der Waals surface area contributed by atoms with Gasteiger partial charge in [-0.05, 0) is 27.2 Å². The summed E-state index contributed by atoms with van der Waals surface area (Å²) in [6.07, 6.45) is -0.118. The Morgan fingerprint density at radius 1 is 0.750 bits per heavy atom. The van der Waals surface area contributed by atoms with Crippen LogP contribution in [-0.4, -0.2) is 71.8 Å². The van der Waals surface area contributed by atoms with Gasteiger partial charge in [0.05, 0.1) is 33.0 Å². The molecule has 0 amide bonds. The zero-order valence-electron chi connectivity index (χ0n) is 15.7. The maximum Gasteiger partial charge on any atom is 0.157 e. The van der Waals surface area contributed by atoms with E-state index in [1.165, 1.54) is 0 Å². The van der Waals surface area contributed by atoms with Crippen molar-refractivity contribution in [3.8, 4) is 0 Å². The first-order valence-electron chi connectivity index (χ1n) is 8.43. The molecule has 0 aromatic heterocycles. The molecule has 0 aliphatic heterocycles. The van der Waals surface area contributed by atoms with Crippen molar-refractivity contribution in [3.63, 3.8) is 0 Å². The average molecular weight is 353 g/mol. The van der Waals surface area contributed by atoms with Crippen LogP contribution in [0.15, 0.2) is 0 Å². The highest BCUT2D eigenvalue weighted by Crippen LogP contribution is 1.99. The summed E-state index contributed by atoms with van der Waals surface area (Å²) in [6.45, 7) is 9.84. The summed E-state index contributed by atoms with van der Waals surface area (Å²) in [4.78, 5) is 0. The van der Waals surface area contributed by atoms with Gasteiger partial charge in [0.2, 0.25) is 0 Å². The van der Waals surface area contributed by atoms with Gasteiger partial charge in [-0.3, -0.25) is 0 Å². The summed E-state index contributed by atoms with van der Waals surface area (Å²) in [5.41, 5.74) is 5.74. The first kappa shape index (κ1) is 23.7. The van der Waals surface area contributed by atoms with E-state index in [1.807, 2.05) is 13.8 Å². The lowest BCUT2D eigenvalue weighted by Crippen LogP contribution is -2.26.